The number of hydrogen-bond donors (Lipinski definition) is 2. The summed E-state index contributed by atoms with van der Waals surface area (Å²) in [5.41, 5.74) is 11.8. The number of nitrogens with two attached hydrogens (primary N) is 2. The Morgan fingerprint density at radius 2 is 1.44 bits per heavy atom. The number of hydrogen-bond acceptors (Lipinski definition) is 2. The fourth-order valence-electron chi connectivity index (χ4n) is 1.87. The Balaban J connectivity index is 2.37. The third kappa shape index (κ3) is 0.635. The van der Waals surface area contributed by atoms with Crippen molar-refractivity contribution in [1.29, 1.82) is 0 Å². The van der Waals surface area contributed by atoms with Gasteiger partial charge >= 0.3 is 0 Å². The van der Waals surface area contributed by atoms with E-state index in [0.29, 0.717) is 0 Å². The molecule has 0 saturated heterocycles. The Hall–Kier alpha value is -0.340. The van der Waals surface area contributed by atoms with Crippen molar-refractivity contribution in [3.8, 4) is 0 Å². The zero-order valence-corrected chi connectivity index (χ0v) is 5.43. The van der Waals surface area contributed by atoms with Crippen LogP contribution in [0.3, 0.4) is 0 Å². The van der Waals surface area contributed by atoms with Crippen molar-refractivity contribution in [3.63, 3.8) is 0 Å². The Kier molecular flexibility index (Phi) is 0.741. The van der Waals surface area contributed by atoms with Crippen LogP contribution >= 0.6 is 0 Å². The van der Waals surface area contributed by atoms with Gasteiger partial charge in [0.1, 0.15) is 0 Å². The molecule has 2 bridgehead atoms. The predicted octanol–water partition coefficient (Wildman–Crippen LogP) is 0.135. The van der Waals surface area contributed by atoms with Gasteiger partial charge in [0.25, 0.3) is 0 Å². The van der Waals surface area contributed by atoms with E-state index in [4.69, 9.17) is 11.5 Å². The lowest BCUT2D eigenvalue weighted by molar-refractivity contribution is 0.533. The first-order valence-corrected chi connectivity index (χ1v) is 3.40. The standard InChI is InChI=1S/C7H12N2/c8-6-1-2-7(9,5-6)4-3-6/h1-2H,3-5,8-9H2. The molecule has 0 heterocycles. The second-order valence-electron chi connectivity index (χ2n) is 3.48. The predicted molar refractivity (Wildman–Crippen MR) is 36.8 cm³/mol. The zero-order chi connectivity index (χ0) is 6.54. The molecule has 4 N–H and O–H groups in total. The first kappa shape index (κ1) is 5.45. The Bertz CT molecular complexity index is 158. The van der Waals surface area contributed by atoms with Crippen LogP contribution in [-0.4, -0.2) is 11.1 Å². The van der Waals surface area contributed by atoms with Crippen LogP contribution in [0.2, 0.25) is 0 Å². The topological polar surface area (TPSA) is 52.0 Å². The molecule has 1 saturated carbocycles. The van der Waals surface area contributed by atoms with Crippen molar-refractivity contribution in [1.82, 2.24) is 0 Å². The third-order valence-corrected chi connectivity index (χ3v) is 2.46. The van der Waals surface area contributed by atoms with Gasteiger partial charge in [-0.25, -0.2) is 0 Å². The molecule has 50 valence electrons. The minimum absolute atomic E-state index is 0.0330. The number of rotatable bonds is 0. The van der Waals surface area contributed by atoms with Gasteiger partial charge < -0.3 is 11.5 Å². The summed E-state index contributed by atoms with van der Waals surface area (Å²) in [5, 5.41) is 0. The molecule has 2 nitrogen and oxygen atoms in total. The Labute approximate surface area is 54.9 Å². The van der Waals surface area contributed by atoms with Gasteiger partial charge in [-0.1, -0.05) is 12.2 Å². The Morgan fingerprint density at radius 3 is 1.56 bits per heavy atom. The SMILES string of the molecule is NC12C=CC(N)(CC1)C2. The quantitative estimate of drug-likeness (QED) is 0.451. The molecule has 2 atom stereocenters. The minimum atomic E-state index is -0.0330. The van der Waals surface area contributed by atoms with E-state index >= 15 is 0 Å². The van der Waals surface area contributed by atoms with Gasteiger partial charge in [-0.05, 0) is 19.3 Å². The highest BCUT2D eigenvalue weighted by Crippen LogP contribution is 2.41. The molecule has 0 spiro atoms. The van der Waals surface area contributed by atoms with Crippen LogP contribution < -0.4 is 11.5 Å². The van der Waals surface area contributed by atoms with Crippen LogP contribution in [0, 0.1) is 0 Å². The highest BCUT2D eigenvalue weighted by atomic mass is 14.9. The fraction of sp³-hybridized carbons (Fsp3) is 0.714. The van der Waals surface area contributed by atoms with Gasteiger partial charge in [-0.2, -0.15) is 0 Å². The summed E-state index contributed by atoms with van der Waals surface area (Å²) < 4.78 is 0. The monoisotopic (exact) mass is 124 g/mol. The second-order valence-corrected chi connectivity index (χ2v) is 3.48. The van der Waals surface area contributed by atoms with Crippen LogP contribution in [0.5, 0.6) is 0 Å². The van der Waals surface area contributed by atoms with Gasteiger partial charge in [0.05, 0.1) is 0 Å². The van der Waals surface area contributed by atoms with Gasteiger partial charge in [-0.15, -0.1) is 0 Å². The van der Waals surface area contributed by atoms with Crippen molar-refractivity contribution in [2.45, 2.75) is 30.3 Å². The molecule has 0 radical (unpaired) electrons. The van der Waals surface area contributed by atoms with E-state index < -0.39 is 0 Å². The van der Waals surface area contributed by atoms with Gasteiger partial charge in [-0.3, -0.25) is 0 Å². The van der Waals surface area contributed by atoms with E-state index in [1.807, 2.05) is 0 Å². The number of fused-ring (bicyclic) bond motifs is 2. The molecule has 1 fully saturated rings. The molecule has 9 heavy (non-hydrogen) atoms. The molecule has 2 unspecified atom stereocenters. The Morgan fingerprint density at radius 1 is 1.00 bits per heavy atom. The second kappa shape index (κ2) is 1.22. The lowest BCUT2D eigenvalue weighted by atomic mass is 10.0. The van der Waals surface area contributed by atoms with Gasteiger partial charge in [0.15, 0.2) is 0 Å². The summed E-state index contributed by atoms with van der Waals surface area (Å²) in [5.74, 6) is 0. The molecule has 0 aromatic carbocycles. The normalized spacial score (nSPS) is 54.9. The van der Waals surface area contributed by atoms with Crippen LogP contribution in [-0.2, 0) is 0 Å². The fourth-order valence-corrected chi connectivity index (χ4v) is 1.87. The summed E-state index contributed by atoms with van der Waals surface area (Å²) in [7, 11) is 0. The van der Waals surface area contributed by atoms with Gasteiger partial charge in [0.2, 0.25) is 0 Å². The van der Waals surface area contributed by atoms with E-state index in [1.54, 1.807) is 0 Å². The molecule has 0 aromatic heterocycles. The third-order valence-electron chi connectivity index (χ3n) is 2.46. The van der Waals surface area contributed by atoms with Gasteiger partial charge in [0, 0.05) is 11.1 Å². The first-order valence-electron chi connectivity index (χ1n) is 3.40. The average Bonchev–Trinajstić information content (AvgIpc) is 2.19. The van der Waals surface area contributed by atoms with Crippen LogP contribution in [0.4, 0.5) is 0 Å². The first-order chi connectivity index (χ1) is 4.12. The lowest BCUT2D eigenvalue weighted by Gasteiger charge is -2.14. The summed E-state index contributed by atoms with van der Waals surface area (Å²) in [6.07, 6.45) is 7.23. The highest BCUT2D eigenvalue weighted by Gasteiger charge is 2.45. The molecular formula is C7H12N2. The van der Waals surface area contributed by atoms with E-state index in [9.17, 15) is 0 Å². The van der Waals surface area contributed by atoms with Crippen LogP contribution in [0.15, 0.2) is 12.2 Å². The van der Waals surface area contributed by atoms with Crippen LogP contribution in [0.25, 0.3) is 0 Å². The summed E-state index contributed by atoms with van der Waals surface area (Å²) in [6.45, 7) is 0. The zero-order valence-electron chi connectivity index (χ0n) is 5.43. The van der Waals surface area contributed by atoms with Crippen molar-refractivity contribution in [2.75, 3.05) is 0 Å². The van der Waals surface area contributed by atoms with Crippen molar-refractivity contribution in [3.05, 3.63) is 12.2 Å². The smallest absolute Gasteiger partial charge is 0.0361 e. The van der Waals surface area contributed by atoms with E-state index in [-0.39, 0.29) is 11.1 Å². The summed E-state index contributed by atoms with van der Waals surface area (Å²) >= 11 is 0. The molecule has 0 aromatic rings. The largest absolute Gasteiger partial charge is 0.322 e. The average molecular weight is 124 g/mol. The maximum Gasteiger partial charge on any atom is 0.0361 e. The van der Waals surface area contributed by atoms with Crippen molar-refractivity contribution >= 4 is 0 Å². The molecule has 2 heteroatoms. The molecule has 2 aliphatic carbocycles. The maximum absolute atomic E-state index is 5.92. The molecule has 0 aliphatic heterocycles. The van der Waals surface area contributed by atoms with Crippen molar-refractivity contribution < 1.29 is 0 Å². The molecular weight excluding hydrogens is 112 g/mol. The highest BCUT2D eigenvalue weighted by molar-refractivity contribution is 5.29. The summed E-state index contributed by atoms with van der Waals surface area (Å²) in [4.78, 5) is 0. The van der Waals surface area contributed by atoms with E-state index in [0.717, 1.165) is 19.3 Å². The molecule has 0 amide bonds. The maximum atomic E-state index is 5.92. The van der Waals surface area contributed by atoms with Crippen molar-refractivity contribution in [2.24, 2.45) is 11.5 Å². The van der Waals surface area contributed by atoms with E-state index in [1.165, 1.54) is 0 Å². The van der Waals surface area contributed by atoms with Crippen LogP contribution in [0.1, 0.15) is 19.3 Å². The molecule has 2 aliphatic rings. The molecule has 2 rings (SSSR count). The summed E-state index contributed by atoms with van der Waals surface area (Å²) in [6, 6.07) is 0. The van der Waals surface area contributed by atoms with E-state index in [2.05, 4.69) is 12.2 Å². The lowest BCUT2D eigenvalue weighted by Crippen LogP contribution is -2.35. The minimum Gasteiger partial charge on any atom is -0.322 e.